The lowest BCUT2D eigenvalue weighted by Crippen LogP contribution is -2.21. The van der Waals surface area contributed by atoms with Crippen molar-refractivity contribution in [2.24, 2.45) is 5.92 Å². The fraction of sp³-hybridized carbons (Fsp3) is 0.190. The number of thioether (sulfide) groups is 1. The van der Waals surface area contributed by atoms with Crippen molar-refractivity contribution in [3.63, 3.8) is 0 Å². The monoisotopic (exact) mass is 400 g/mol. The Kier molecular flexibility index (Phi) is 6.38. The van der Waals surface area contributed by atoms with E-state index in [2.05, 4.69) is 0 Å². The van der Waals surface area contributed by atoms with Gasteiger partial charge in [-0.1, -0.05) is 66.7 Å². The van der Waals surface area contributed by atoms with Crippen LogP contribution in [0, 0.1) is 5.92 Å². The van der Waals surface area contributed by atoms with Crippen molar-refractivity contribution in [2.75, 3.05) is 11.7 Å². The van der Waals surface area contributed by atoms with Gasteiger partial charge in [-0.2, -0.15) is 0 Å². The first-order valence-corrected chi connectivity index (χ1v) is 11.6. The minimum absolute atomic E-state index is 0.000419. The van der Waals surface area contributed by atoms with Gasteiger partial charge in [0.25, 0.3) is 0 Å². The Balaban J connectivity index is 1.69. The molecule has 2 atom stereocenters. The summed E-state index contributed by atoms with van der Waals surface area (Å²) in [6.45, 7) is 0. The second kappa shape index (κ2) is 8.75. The third kappa shape index (κ3) is 5.46. The van der Waals surface area contributed by atoms with Crippen LogP contribution in [0.1, 0.15) is 5.56 Å². The van der Waals surface area contributed by atoms with Crippen molar-refractivity contribution in [1.29, 1.82) is 0 Å². The van der Waals surface area contributed by atoms with Crippen LogP contribution in [0.15, 0.2) is 77.7 Å². The first-order chi connectivity index (χ1) is 12.9. The normalized spacial score (nSPS) is 14.6. The summed E-state index contributed by atoms with van der Waals surface area (Å²) < 4.78 is 12.7. The number of rotatable bonds is 8. The summed E-state index contributed by atoms with van der Waals surface area (Å²) in [4.78, 5) is 22.9. The molecule has 0 aromatic heterocycles. The maximum Gasteiger partial charge on any atom is 0.307 e. The predicted octanol–water partition coefficient (Wildman–Crippen LogP) is 5.10. The van der Waals surface area contributed by atoms with Gasteiger partial charge < -0.3 is 10.00 Å². The van der Waals surface area contributed by atoms with E-state index in [1.807, 2.05) is 72.8 Å². The molecule has 3 aromatic rings. The fourth-order valence-electron chi connectivity index (χ4n) is 3.02. The number of hydrogen-bond donors (Lipinski definition) is 2. The van der Waals surface area contributed by atoms with Crippen molar-refractivity contribution < 1.29 is 19.4 Å². The van der Waals surface area contributed by atoms with Crippen molar-refractivity contribution in [2.45, 2.75) is 11.3 Å². The van der Waals surface area contributed by atoms with Crippen LogP contribution in [-0.2, 0) is 15.8 Å². The summed E-state index contributed by atoms with van der Waals surface area (Å²) in [7, 11) is -3.60. The molecule has 2 N–H and O–H groups in total. The van der Waals surface area contributed by atoms with Gasteiger partial charge in [0, 0.05) is 11.1 Å². The highest BCUT2D eigenvalue weighted by Crippen LogP contribution is 2.48. The molecule has 0 aliphatic rings. The van der Waals surface area contributed by atoms with Crippen molar-refractivity contribution in [1.82, 2.24) is 0 Å². The molecule has 6 heteroatoms. The lowest BCUT2D eigenvalue weighted by atomic mass is 10.0. The second-order valence-corrected chi connectivity index (χ2v) is 10.3. The topological polar surface area (TPSA) is 74.6 Å². The van der Waals surface area contributed by atoms with Crippen molar-refractivity contribution >= 4 is 35.9 Å². The smallest absolute Gasteiger partial charge is 0.307 e. The average molecular weight is 400 g/mol. The molecule has 0 radical (unpaired) electrons. The van der Waals surface area contributed by atoms with Crippen LogP contribution < -0.4 is 0 Å². The minimum atomic E-state index is -3.60. The molecule has 140 valence electrons. The predicted molar refractivity (Wildman–Crippen MR) is 111 cm³/mol. The third-order valence-corrected chi connectivity index (χ3v) is 8.16. The molecule has 0 heterocycles. The zero-order valence-corrected chi connectivity index (χ0v) is 16.4. The van der Waals surface area contributed by atoms with E-state index in [9.17, 15) is 19.4 Å². The zero-order chi connectivity index (χ0) is 19.3. The molecule has 2 unspecified atom stereocenters. The minimum Gasteiger partial charge on any atom is -0.481 e. The van der Waals surface area contributed by atoms with E-state index in [4.69, 9.17) is 0 Å². The number of aliphatic carboxylic acids is 1. The summed E-state index contributed by atoms with van der Waals surface area (Å²) in [6.07, 6.45) is 0.0225. The Morgan fingerprint density at radius 1 is 0.963 bits per heavy atom. The van der Waals surface area contributed by atoms with Gasteiger partial charge >= 0.3 is 5.97 Å². The molecule has 3 aromatic carbocycles. The Bertz CT molecular complexity index is 969. The number of fused-ring (bicyclic) bond motifs is 1. The van der Waals surface area contributed by atoms with Gasteiger partial charge in [-0.25, -0.2) is 0 Å². The molecule has 0 spiro atoms. The molecule has 0 amide bonds. The first-order valence-electron chi connectivity index (χ1n) is 8.63. The second-order valence-electron chi connectivity index (χ2n) is 6.50. The number of benzene rings is 3. The van der Waals surface area contributed by atoms with E-state index in [0.29, 0.717) is 0 Å². The summed E-state index contributed by atoms with van der Waals surface area (Å²) in [5.41, 5.74) is 0.853. The van der Waals surface area contributed by atoms with Crippen LogP contribution in [0.2, 0.25) is 0 Å². The Morgan fingerprint density at radius 3 is 2.37 bits per heavy atom. The number of hydrogen-bond acceptors (Lipinski definition) is 3. The van der Waals surface area contributed by atoms with Crippen LogP contribution in [0.25, 0.3) is 10.8 Å². The van der Waals surface area contributed by atoms with Gasteiger partial charge in [0.1, 0.15) is 0 Å². The summed E-state index contributed by atoms with van der Waals surface area (Å²) in [6, 6.07) is 22.9. The maximum absolute atomic E-state index is 12.7. The summed E-state index contributed by atoms with van der Waals surface area (Å²) in [5.74, 6) is -1.92. The Labute approximate surface area is 162 Å². The summed E-state index contributed by atoms with van der Waals surface area (Å²) in [5, 5.41) is 11.6. The number of carboxylic acids is 1. The van der Waals surface area contributed by atoms with E-state index < -0.39 is 19.3 Å². The number of carbonyl (C=O) groups is 1. The quantitative estimate of drug-likeness (QED) is 0.406. The van der Waals surface area contributed by atoms with Crippen molar-refractivity contribution in [3.05, 3.63) is 78.4 Å². The largest absolute Gasteiger partial charge is 0.481 e. The molecular weight excluding hydrogens is 379 g/mol. The van der Waals surface area contributed by atoms with Crippen LogP contribution in [0.4, 0.5) is 0 Å². The molecule has 0 bridgehead atoms. The van der Waals surface area contributed by atoms with Gasteiger partial charge in [0.2, 0.25) is 7.37 Å². The van der Waals surface area contributed by atoms with E-state index >= 15 is 0 Å². The maximum atomic E-state index is 12.7. The van der Waals surface area contributed by atoms with Crippen LogP contribution in [0.5, 0.6) is 0 Å². The Morgan fingerprint density at radius 2 is 1.63 bits per heavy atom. The first kappa shape index (κ1) is 19.7. The fourth-order valence-corrected chi connectivity index (χ4v) is 6.29. The molecule has 4 nitrogen and oxygen atoms in total. The Hall–Kier alpha value is -2.07. The van der Waals surface area contributed by atoms with Gasteiger partial charge in [-0.3, -0.25) is 9.36 Å². The summed E-state index contributed by atoms with van der Waals surface area (Å²) >= 11 is 1.31. The molecule has 0 saturated heterocycles. The average Bonchev–Trinajstić information content (AvgIpc) is 2.66. The van der Waals surface area contributed by atoms with Gasteiger partial charge in [0.15, 0.2) is 0 Å². The van der Waals surface area contributed by atoms with E-state index in [0.717, 1.165) is 21.2 Å². The highest BCUT2D eigenvalue weighted by atomic mass is 32.2. The van der Waals surface area contributed by atoms with Crippen LogP contribution in [-0.4, -0.2) is 27.6 Å². The van der Waals surface area contributed by atoms with Gasteiger partial charge in [-0.15, -0.1) is 11.8 Å². The molecule has 0 aliphatic carbocycles. The highest BCUT2D eigenvalue weighted by molar-refractivity contribution is 8.05. The van der Waals surface area contributed by atoms with Gasteiger partial charge in [-0.05, 0) is 28.8 Å². The number of carboxylic acid groups (broad SMARTS) is 1. The molecular formula is C21H21O4PS. The van der Waals surface area contributed by atoms with E-state index in [1.165, 1.54) is 11.8 Å². The lowest BCUT2D eigenvalue weighted by molar-refractivity contribution is -0.141. The van der Waals surface area contributed by atoms with E-state index in [-0.39, 0.29) is 18.1 Å². The molecule has 0 saturated carbocycles. The SMILES string of the molecule is O=C(O)C(Cc1ccccc1)CP(=O)(O)CSc1cccc2ccccc12. The van der Waals surface area contributed by atoms with Gasteiger partial charge in [0.05, 0.1) is 11.4 Å². The molecule has 3 rings (SSSR count). The molecule has 0 fully saturated rings. The standard InChI is InChI=1S/C21H21O4PS/c22-21(23)18(13-16-7-2-1-3-8-16)14-26(24,25)15-27-20-12-6-10-17-9-4-5-11-19(17)20/h1-12,18H,13-15H2,(H,22,23)(H,24,25). The highest BCUT2D eigenvalue weighted by Gasteiger charge is 2.29. The molecule has 0 aliphatic heterocycles. The van der Waals surface area contributed by atoms with Crippen LogP contribution >= 0.6 is 19.1 Å². The van der Waals surface area contributed by atoms with Crippen molar-refractivity contribution in [3.8, 4) is 0 Å². The van der Waals surface area contributed by atoms with Crippen LogP contribution in [0.3, 0.4) is 0 Å². The zero-order valence-electron chi connectivity index (χ0n) is 14.7. The molecule has 27 heavy (non-hydrogen) atoms. The van der Waals surface area contributed by atoms with E-state index in [1.54, 1.807) is 0 Å². The third-order valence-electron chi connectivity index (χ3n) is 4.35. The lowest BCUT2D eigenvalue weighted by Gasteiger charge is -2.17.